The van der Waals surface area contributed by atoms with Crippen LogP contribution in [0.5, 0.6) is 5.75 Å². The van der Waals surface area contributed by atoms with Crippen molar-refractivity contribution in [2.45, 2.75) is 18.9 Å². The second kappa shape index (κ2) is 7.61. The maximum Gasteiger partial charge on any atom is 0.227 e. The highest BCUT2D eigenvalue weighted by Gasteiger charge is 2.28. The van der Waals surface area contributed by atoms with E-state index < -0.39 is 0 Å². The first-order valence-electron chi connectivity index (χ1n) is 9.11. The van der Waals surface area contributed by atoms with E-state index in [2.05, 4.69) is 10.3 Å². The highest BCUT2D eigenvalue weighted by atomic mass is 16.5. The Kier molecular flexibility index (Phi) is 4.87. The molecule has 2 aromatic carbocycles. The Morgan fingerprint density at radius 1 is 1.15 bits per heavy atom. The van der Waals surface area contributed by atoms with Crippen LogP contribution in [0.4, 0.5) is 0 Å². The van der Waals surface area contributed by atoms with Gasteiger partial charge in [-0.25, -0.2) is 4.68 Å². The Morgan fingerprint density at radius 2 is 1.93 bits per heavy atom. The molecule has 1 aliphatic rings. The van der Waals surface area contributed by atoms with Gasteiger partial charge >= 0.3 is 0 Å². The monoisotopic (exact) mass is 362 g/mol. The van der Waals surface area contributed by atoms with Gasteiger partial charge in [-0.2, -0.15) is 0 Å². The minimum atomic E-state index is 0.116. The van der Waals surface area contributed by atoms with Crippen molar-refractivity contribution >= 4 is 5.91 Å². The average molecular weight is 362 g/mol. The number of carbonyl (C=O) groups is 1. The Bertz CT molecular complexity index is 923. The van der Waals surface area contributed by atoms with Crippen molar-refractivity contribution < 1.29 is 9.53 Å². The molecule has 0 aliphatic carbocycles. The number of hydrogen-bond acceptors (Lipinski definition) is 4. The molecule has 0 radical (unpaired) electrons. The van der Waals surface area contributed by atoms with Gasteiger partial charge in [-0.05, 0) is 12.5 Å². The molecule has 1 aliphatic heterocycles. The number of ether oxygens (including phenoxy) is 1. The van der Waals surface area contributed by atoms with E-state index in [1.807, 2.05) is 70.4 Å². The minimum absolute atomic E-state index is 0.116. The molecule has 3 aromatic rings. The lowest BCUT2D eigenvalue weighted by Crippen LogP contribution is -2.30. The predicted molar refractivity (Wildman–Crippen MR) is 102 cm³/mol. The van der Waals surface area contributed by atoms with Gasteiger partial charge in [-0.15, -0.1) is 5.10 Å². The molecule has 27 heavy (non-hydrogen) atoms. The molecule has 0 bridgehead atoms. The third kappa shape index (κ3) is 3.69. The average Bonchev–Trinajstić information content (AvgIpc) is 3.39. The van der Waals surface area contributed by atoms with Gasteiger partial charge in [-0.1, -0.05) is 53.7 Å². The van der Waals surface area contributed by atoms with Gasteiger partial charge in [0.15, 0.2) is 0 Å². The van der Waals surface area contributed by atoms with Crippen LogP contribution < -0.4 is 4.74 Å². The first kappa shape index (κ1) is 17.3. The van der Waals surface area contributed by atoms with Crippen LogP contribution in [0.2, 0.25) is 0 Å². The van der Waals surface area contributed by atoms with Gasteiger partial charge in [0.2, 0.25) is 5.91 Å². The second-order valence-corrected chi connectivity index (χ2v) is 6.72. The zero-order valence-electron chi connectivity index (χ0n) is 15.3. The third-order valence-corrected chi connectivity index (χ3v) is 5.00. The van der Waals surface area contributed by atoms with Crippen molar-refractivity contribution in [3.05, 3.63) is 66.4 Å². The van der Waals surface area contributed by atoms with E-state index in [4.69, 9.17) is 4.74 Å². The largest absolute Gasteiger partial charge is 0.496 e. The van der Waals surface area contributed by atoms with Crippen LogP contribution in [0.25, 0.3) is 11.3 Å². The summed E-state index contributed by atoms with van der Waals surface area (Å²) in [6.45, 7) is 1.39. The Hall–Kier alpha value is -3.15. The lowest BCUT2D eigenvalue weighted by atomic mass is 10.1. The van der Waals surface area contributed by atoms with E-state index in [0.717, 1.165) is 35.5 Å². The Balaban J connectivity index is 1.41. The number of likely N-dealkylation sites (tertiary alicyclic amines) is 1. The molecule has 138 valence electrons. The molecular weight excluding hydrogens is 340 g/mol. The first-order chi connectivity index (χ1) is 13.2. The van der Waals surface area contributed by atoms with Crippen molar-refractivity contribution in [1.82, 2.24) is 19.9 Å². The van der Waals surface area contributed by atoms with Crippen LogP contribution >= 0.6 is 0 Å². The van der Waals surface area contributed by atoms with E-state index in [9.17, 15) is 4.79 Å². The predicted octanol–water partition coefficient (Wildman–Crippen LogP) is 2.97. The number of rotatable bonds is 5. The fourth-order valence-electron chi connectivity index (χ4n) is 3.50. The maximum atomic E-state index is 12.7. The van der Waals surface area contributed by atoms with Crippen LogP contribution in [0.3, 0.4) is 0 Å². The van der Waals surface area contributed by atoms with Gasteiger partial charge in [0, 0.05) is 24.2 Å². The molecule has 1 atom stereocenters. The molecule has 6 heteroatoms. The summed E-state index contributed by atoms with van der Waals surface area (Å²) >= 11 is 0. The van der Waals surface area contributed by atoms with Crippen molar-refractivity contribution in [3.8, 4) is 17.0 Å². The summed E-state index contributed by atoms with van der Waals surface area (Å²) < 4.78 is 7.24. The fraction of sp³-hybridized carbons (Fsp3) is 0.286. The molecular formula is C21H22N4O2. The fourth-order valence-corrected chi connectivity index (χ4v) is 3.50. The quantitative estimate of drug-likeness (QED) is 0.700. The maximum absolute atomic E-state index is 12.7. The highest BCUT2D eigenvalue weighted by molar-refractivity contribution is 5.79. The van der Waals surface area contributed by atoms with Crippen LogP contribution in [-0.2, 0) is 11.2 Å². The third-order valence-electron chi connectivity index (χ3n) is 5.00. The minimum Gasteiger partial charge on any atom is -0.496 e. The van der Waals surface area contributed by atoms with E-state index in [0.29, 0.717) is 13.0 Å². The summed E-state index contributed by atoms with van der Waals surface area (Å²) in [4.78, 5) is 14.6. The summed E-state index contributed by atoms with van der Waals surface area (Å²) in [6.07, 6.45) is 3.20. The summed E-state index contributed by atoms with van der Waals surface area (Å²) in [6, 6.07) is 17.8. The summed E-state index contributed by atoms with van der Waals surface area (Å²) in [7, 11) is 1.63. The molecule has 2 heterocycles. The van der Waals surface area contributed by atoms with Gasteiger partial charge in [-0.3, -0.25) is 4.79 Å². The van der Waals surface area contributed by atoms with Gasteiger partial charge in [0.25, 0.3) is 0 Å². The lowest BCUT2D eigenvalue weighted by Gasteiger charge is -2.17. The van der Waals surface area contributed by atoms with Crippen molar-refractivity contribution in [1.29, 1.82) is 0 Å². The van der Waals surface area contributed by atoms with Crippen molar-refractivity contribution in [2.24, 2.45) is 0 Å². The van der Waals surface area contributed by atoms with Gasteiger partial charge < -0.3 is 9.64 Å². The van der Waals surface area contributed by atoms with Crippen molar-refractivity contribution in [3.63, 3.8) is 0 Å². The van der Waals surface area contributed by atoms with Gasteiger partial charge in [0.05, 0.1) is 25.8 Å². The zero-order chi connectivity index (χ0) is 18.6. The number of hydrogen-bond donors (Lipinski definition) is 0. The number of amides is 1. The number of aromatic nitrogens is 3. The molecule has 0 saturated carbocycles. The standard InChI is InChI=1S/C21H22N4O2/c1-27-20-10-6-5-9-17(20)13-21(26)24-12-11-18(14-24)25-15-19(22-23-25)16-7-3-2-4-8-16/h2-10,15,18H,11-14H2,1H3. The topological polar surface area (TPSA) is 60.2 Å². The van der Waals surface area contributed by atoms with E-state index in [-0.39, 0.29) is 11.9 Å². The molecule has 6 nitrogen and oxygen atoms in total. The Labute approximate surface area is 158 Å². The molecule has 1 aromatic heterocycles. The van der Waals surface area contributed by atoms with Gasteiger partial charge in [0.1, 0.15) is 11.4 Å². The van der Waals surface area contributed by atoms with Crippen LogP contribution in [0.1, 0.15) is 18.0 Å². The number of benzene rings is 2. The zero-order valence-corrected chi connectivity index (χ0v) is 15.3. The SMILES string of the molecule is COc1ccccc1CC(=O)N1CCC(n2cc(-c3ccccc3)nn2)C1. The first-order valence-corrected chi connectivity index (χ1v) is 9.11. The van der Waals surface area contributed by atoms with Crippen molar-refractivity contribution in [2.75, 3.05) is 20.2 Å². The van der Waals surface area contributed by atoms with Crippen LogP contribution in [0, 0.1) is 0 Å². The molecule has 1 saturated heterocycles. The summed E-state index contributed by atoms with van der Waals surface area (Å²) in [5.41, 5.74) is 2.82. The van der Waals surface area contributed by atoms with Crippen LogP contribution in [0.15, 0.2) is 60.8 Å². The lowest BCUT2D eigenvalue weighted by molar-refractivity contribution is -0.129. The van der Waals surface area contributed by atoms with Crippen LogP contribution in [-0.4, -0.2) is 46.0 Å². The summed E-state index contributed by atoms with van der Waals surface area (Å²) in [5, 5.41) is 8.57. The smallest absolute Gasteiger partial charge is 0.227 e. The van der Waals surface area contributed by atoms with E-state index in [1.165, 1.54) is 0 Å². The molecule has 4 rings (SSSR count). The Morgan fingerprint density at radius 3 is 2.74 bits per heavy atom. The van der Waals surface area contributed by atoms with E-state index in [1.54, 1.807) is 7.11 Å². The second-order valence-electron chi connectivity index (χ2n) is 6.72. The van der Waals surface area contributed by atoms with E-state index >= 15 is 0 Å². The molecule has 1 amide bonds. The summed E-state index contributed by atoms with van der Waals surface area (Å²) in [5.74, 6) is 0.871. The molecule has 0 N–H and O–H groups in total. The molecule has 0 spiro atoms. The molecule has 1 unspecified atom stereocenters. The number of nitrogens with zero attached hydrogens (tertiary/aromatic N) is 4. The normalized spacial score (nSPS) is 16.5. The number of carbonyl (C=O) groups excluding carboxylic acids is 1. The molecule has 1 fully saturated rings. The number of methoxy groups -OCH3 is 1. The highest BCUT2D eigenvalue weighted by Crippen LogP contribution is 2.25. The number of para-hydroxylation sites is 1.